The number of ether oxygens (including phenoxy) is 1. The first-order valence-electron chi connectivity index (χ1n) is 4.62. The molecule has 82 valence electrons. The van der Waals surface area contributed by atoms with E-state index in [0.29, 0.717) is 17.0 Å². The standard InChI is InChI=1S/C9H10BN3O3/c1-16-9-3-2-8(5-11-9)13-6-7(4-12-13)10(14)15/h2-6,14-15H,1H3. The molecule has 0 aliphatic carbocycles. The van der Waals surface area contributed by atoms with E-state index in [1.165, 1.54) is 24.2 Å². The van der Waals surface area contributed by atoms with Gasteiger partial charge in [0.25, 0.3) is 0 Å². The van der Waals surface area contributed by atoms with Crippen LogP contribution in [0, 0.1) is 0 Å². The molecule has 2 N–H and O–H groups in total. The molecule has 0 amide bonds. The number of hydrogen-bond acceptors (Lipinski definition) is 5. The lowest BCUT2D eigenvalue weighted by molar-refractivity contribution is 0.397. The summed E-state index contributed by atoms with van der Waals surface area (Å²) in [5.41, 5.74) is 1.04. The van der Waals surface area contributed by atoms with Crippen molar-refractivity contribution in [1.29, 1.82) is 0 Å². The molecule has 0 aliphatic rings. The lowest BCUT2D eigenvalue weighted by Gasteiger charge is -2.01. The van der Waals surface area contributed by atoms with Gasteiger partial charge in [0.05, 0.1) is 19.0 Å². The summed E-state index contributed by atoms with van der Waals surface area (Å²) in [5, 5.41) is 21.8. The molecule has 0 saturated heterocycles. The average molecular weight is 219 g/mol. The minimum absolute atomic E-state index is 0.329. The van der Waals surface area contributed by atoms with E-state index >= 15 is 0 Å². The highest BCUT2D eigenvalue weighted by atomic mass is 16.5. The molecular weight excluding hydrogens is 209 g/mol. The van der Waals surface area contributed by atoms with Crippen LogP contribution in [0.25, 0.3) is 5.69 Å². The number of methoxy groups -OCH3 is 1. The third kappa shape index (κ3) is 2.05. The van der Waals surface area contributed by atoms with Crippen molar-refractivity contribution in [2.75, 3.05) is 7.11 Å². The molecule has 2 rings (SSSR count). The second-order valence-corrected chi connectivity index (χ2v) is 3.15. The number of hydrogen-bond donors (Lipinski definition) is 2. The first-order chi connectivity index (χ1) is 7.70. The molecule has 0 aromatic carbocycles. The van der Waals surface area contributed by atoms with E-state index in [1.807, 2.05) is 0 Å². The van der Waals surface area contributed by atoms with Crippen LogP contribution in [-0.4, -0.2) is 39.0 Å². The van der Waals surface area contributed by atoms with Gasteiger partial charge < -0.3 is 14.8 Å². The van der Waals surface area contributed by atoms with Crippen molar-refractivity contribution in [1.82, 2.24) is 14.8 Å². The van der Waals surface area contributed by atoms with E-state index in [1.54, 1.807) is 18.3 Å². The van der Waals surface area contributed by atoms with Crippen LogP contribution in [0.5, 0.6) is 5.88 Å². The Morgan fingerprint density at radius 3 is 2.62 bits per heavy atom. The minimum atomic E-state index is -1.51. The molecule has 2 heterocycles. The van der Waals surface area contributed by atoms with E-state index in [9.17, 15) is 0 Å². The second-order valence-electron chi connectivity index (χ2n) is 3.15. The highest BCUT2D eigenvalue weighted by molar-refractivity contribution is 6.58. The summed E-state index contributed by atoms with van der Waals surface area (Å²) in [6.07, 6.45) is 4.49. The summed E-state index contributed by atoms with van der Waals surface area (Å²) in [7, 11) is 0.0239. The number of aromatic nitrogens is 3. The Hall–Kier alpha value is -1.86. The largest absolute Gasteiger partial charge is 0.491 e. The van der Waals surface area contributed by atoms with Gasteiger partial charge in [-0.2, -0.15) is 5.10 Å². The Bertz CT molecular complexity index is 469. The molecule has 0 unspecified atom stereocenters. The fraction of sp³-hybridized carbons (Fsp3) is 0.111. The number of nitrogens with zero attached hydrogens (tertiary/aromatic N) is 3. The van der Waals surface area contributed by atoms with Gasteiger partial charge >= 0.3 is 7.12 Å². The molecule has 0 atom stereocenters. The molecule has 16 heavy (non-hydrogen) atoms. The van der Waals surface area contributed by atoms with Crippen molar-refractivity contribution in [2.24, 2.45) is 0 Å². The van der Waals surface area contributed by atoms with E-state index in [-0.39, 0.29) is 0 Å². The van der Waals surface area contributed by atoms with Crippen molar-refractivity contribution < 1.29 is 14.8 Å². The van der Waals surface area contributed by atoms with Gasteiger partial charge in [0.2, 0.25) is 5.88 Å². The van der Waals surface area contributed by atoms with Gasteiger partial charge in [0.1, 0.15) is 0 Å². The molecule has 0 radical (unpaired) electrons. The van der Waals surface area contributed by atoms with Crippen LogP contribution in [-0.2, 0) is 0 Å². The normalized spacial score (nSPS) is 10.2. The summed E-state index contributed by atoms with van der Waals surface area (Å²) in [5.74, 6) is 0.512. The lowest BCUT2D eigenvalue weighted by atomic mass is 9.83. The smallest absolute Gasteiger partial charge is 0.481 e. The van der Waals surface area contributed by atoms with Crippen LogP contribution in [0.2, 0.25) is 0 Å². The summed E-state index contributed by atoms with van der Waals surface area (Å²) < 4.78 is 6.43. The van der Waals surface area contributed by atoms with Crippen molar-refractivity contribution >= 4 is 12.6 Å². The molecule has 0 spiro atoms. The predicted octanol–water partition coefficient (Wildman–Crippen LogP) is -1.04. The van der Waals surface area contributed by atoms with Gasteiger partial charge in [-0.05, 0) is 6.07 Å². The van der Waals surface area contributed by atoms with Gasteiger partial charge in [0, 0.05) is 23.9 Å². The second kappa shape index (κ2) is 4.34. The summed E-state index contributed by atoms with van der Waals surface area (Å²) >= 11 is 0. The molecule has 0 fully saturated rings. The Morgan fingerprint density at radius 1 is 1.31 bits per heavy atom. The fourth-order valence-corrected chi connectivity index (χ4v) is 1.24. The molecule has 2 aromatic heterocycles. The Kier molecular flexibility index (Phi) is 2.89. The Balaban J connectivity index is 2.28. The molecule has 0 saturated carbocycles. The third-order valence-electron chi connectivity index (χ3n) is 2.10. The maximum Gasteiger partial charge on any atom is 0.491 e. The van der Waals surface area contributed by atoms with Crippen LogP contribution >= 0.6 is 0 Å². The van der Waals surface area contributed by atoms with Gasteiger partial charge in [-0.1, -0.05) is 0 Å². The van der Waals surface area contributed by atoms with Gasteiger partial charge in [-0.25, -0.2) is 9.67 Å². The zero-order valence-electron chi connectivity index (χ0n) is 8.61. The third-order valence-corrected chi connectivity index (χ3v) is 2.10. The summed E-state index contributed by atoms with van der Waals surface area (Å²) in [4.78, 5) is 4.02. The van der Waals surface area contributed by atoms with Crippen molar-refractivity contribution in [3.63, 3.8) is 0 Å². The molecule has 0 aliphatic heterocycles. The van der Waals surface area contributed by atoms with Crippen LogP contribution in [0.4, 0.5) is 0 Å². The van der Waals surface area contributed by atoms with Gasteiger partial charge in [0.15, 0.2) is 0 Å². The first-order valence-corrected chi connectivity index (χ1v) is 4.62. The quantitative estimate of drug-likeness (QED) is 0.644. The van der Waals surface area contributed by atoms with Crippen LogP contribution in [0.15, 0.2) is 30.7 Å². The Labute approximate surface area is 92.3 Å². The van der Waals surface area contributed by atoms with E-state index in [4.69, 9.17) is 14.8 Å². The SMILES string of the molecule is COc1ccc(-n2cc(B(O)O)cn2)cn1. The highest BCUT2D eigenvalue weighted by Gasteiger charge is 2.13. The predicted molar refractivity (Wildman–Crippen MR) is 57.7 cm³/mol. The Morgan fingerprint density at radius 2 is 2.12 bits per heavy atom. The molecule has 6 nitrogen and oxygen atoms in total. The maximum atomic E-state index is 8.93. The zero-order valence-corrected chi connectivity index (χ0v) is 8.61. The van der Waals surface area contributed by atoms with Crippen molar-refractivity contribution in [3.05, 3.63) is 30.7 Å². The van der Waals surface area contributed by atoms with Crippen molar-refractivity contribution in [3.8, 4) is 11.6 Å². The summed E-state index contributed by atoms with van der Waals surface area (Å²) in [6, 6.07) is 3.47. The maximum absolute atomic E-state index is 8.93. The number of rotatable bonds is 3. The number of pyridine rings is 1. The molecule has 0 bridgehead atoms. The highest BCUT2D eigenvalue weighted by Crippen LogP contribution is 2.09. The average Bonchev–Trinajstić information content (AvgIpc) is 2.78. The van der Waals surface area contributed by atoms with Gasteiger partial charge in [-0.3, -0.25) is 0 Å². The summed E-state index contributed by atoms with van der Waals surface area (Å²) in [6.45, 7) is 0. The first kappa shape index (κ1) is 10.7. The zero-order chi connectivity index (χ0) is 11.5. The minimum Gasteiger partial charge on any atom is -0.481 e. The molecular formula is C9H10BN3O3. The van der Waals surface area contributed by atoms with Gasteiger partial charge in [-0.15, -0.1) is 0 Å². The van der Waals surface area contributed by atoms with E-state index in [0.717, 1.165) is 0 Å². The van der Waals surface area contributed by atoms with Crippen LogP contribution < -0.4 is 10.2 Å². The lowest BCUT2D eigenvalue weighted by Crippen LogP contribution is -2.28. The van der Waals surface area contributed by atoms with E-state index in [2.05, 4.69) is 10.1 Å². The topological polar surface area (TPSA) is 80.4 Å². The van der Waals surface area contributed by atoms with E-state index < -0.39 is 7.12 Å². The molecule has 2 aromatic rings. The fourth-order valence-electron chi connectivity index (χ4n) is 1.24. The van der Waals surface area contributed by atoms with Crippen molar-refractivity contribution in [2.45, 2.75) is 0 Å². The van der Waals surface area contributed by atoms with Crippen LogP contribution in [0.1, 0.15) is 0 Å². The van der Waals surface area contributed by atoms with Crippen LogP contribution in [0.3, 0.4) is 0 Å². The monoisotopic (exact) mass is 219 g/mol. The molecule has 7 heteroatoms.